The van der Waals surface area contributed by atoms with Gasteiger partial charge in [-0.15, -0.1) is 0 Å². The first-order valence-corrected chi connectivity index (χ1v) is 7.79. The van der Waals surface area contributed by atoms with E-state index in [0.717, 1.165) is 18.5 Å². The molecule has 3 heteroatoms. The summed E-state index contributed by atoms with van der Waals surface area (Å²) < 4.78 is 0. The van der Waals surface area contributed by atoms with Crippen LogP contribution in [0.5, 0.6) is 0 Å². The average molecular weight is 295 g/mol. The van der Waals surface area contributed by atoms with Crippen LogP contribution in [-0.2, 0) is 19.4 Å². The molecule has 0 atom stereocenters. The van der Waals surface area contributed by atoms with E-state index in [2.05, 4.69) is 30.1 Å². The predicted octanol–water partition coefficient (Wildman–Crippen LogP) is 3.90. The van der Waals surface area contributed by atoms with E-state index in [1.807, 2.05) is 12.1 Å². The molecule has 0 radical (unpaired) electrons. The van der Waals surface area contributed by atoms with E-state index in [-0.39, 0.29) is 0 Å². The van der Waals surface area contributed by atoms with Gasteiger partial charge in [-0.05, 0) is 60.6 Å². The van der Waals surface area contributed by atoms with Crippen LogP contribution < -0.4 is 4.90 Å². The lowest BCUT2D eigenvalue weighted by Crippen LogP contribution is -2.20. The van der Waals surface area contributed by atoms with Crippen molar-refractivity contribution in [2.45, 2.75) is 32.2 Å². The second-order valence-corrected chi connectivity index (χ2v) is 5.98. The van der Waals surface area contributed by atoms with Gasteiger partial charge in [-0.25, -0.2) is 4.79 Å². The van der Waals surface area contributed by atoms with Gasteiger partial charge < -0.3 is 10.0 Å². The summed E-state index contributed by atoms with van der Waals surface area (Å²) >= 11 is 0. The number of aryl methyl sites for hydroxylation is 1. The number of hydrogen-bond donors (Lipinski definition) is 1. The second-order valence-electron chi connectivity index (χ2n) is 5.98. The SMILES string of the molecule is CN(Cc1cccc(C(=O)O)c1)c1cccc2c1CCCC2. The highest BCUT2D eigenvalue weighted by Crippen LogP contribution is 2.30. The van der Waals surface area contributed by atoms with Crippen molar-refractivity contribution in [2.75, 3.05) is 11.9 Å². The predicted molar refractivity (Wildman–Crippen MR) is 88.6 cm³/mol. The zero-order valence-electron chi connectivity index (χ0n) is 12.9. The monoisotopic (exact) mass is 295 g/mol. The molecule has 0 aliphatic heterocycles. The maximum atomic E-state index is 11.1. The van der Waals surface area contributed by atoms with Crippen LogP contribution in [-0.4, -0.2) is 18.1 Å². The standard InChI is InChI=1S/C19H21NO2/c1-20(13-14-6-4-9-16(12-14)19(21)22)18-11-5-8-15-7-2-3-10-17(15)18/h4-6,8-9,11-12H,2-3,7,10,13H2,1H3,(H,21,22). The highest BCUT2D eigenvalue weighted by molar-refractivity contribution is 5.87. The summed E-state index contributed by atoms with van der Waals surface area (Å²) in [5.41, 5.74) is 5.58. The quantitative estimate of drug-likeness (QED) is 0.930. The van der Waals surface area contributed by atoms with Crippen LogP contribution in [0, 0.1) is 0 Å². The Morgan fingerprint density at radius 1 is 1.14 bits per heavy atom. The van der Waals surface area contributed by atoms with Crippen molar-refractivity contribution in [1.82, 2.24) is 0 Å². The molecular formula is C19H21NO2. The van der Waals surface area contributed by atoms with Gasteiger partial charge in [-0.2, -0.15) is 0 Å². The van der Waals surface area contributed by atoms with Gasteiger partial charge in [0.1, 0.15) is 0 Å². The fraction of sp³-hybridized carbons (Fsp3) is 0.316. The molecular weight excluding hydrogens is 274 g/mol. The van der Waals surface area contributed by atoms with Crippen molar-refractivity contribution in [2.24, 2.45) is 0 Å². The molecule has 2 aromatic carbocycles. The smallest absolute Gasteiger partial charge is 0.335 e. The van der Waals surface area contributed by atoms with E-state index in [1.165, 1.54) is 36.1 Å². The van der Waals surface area contributed by atoms with Crippen LogP contribution in [0.25, 0.3) is 0 Å². The number of carboxylic acids is 1. The Hall–Kier alpha value is -2.29. The van der Waals surface area contributed by atoms with Crippen LogP contribution in [0.15, 0.2) is 42.5 Å². The van der Waals surface area contributed by atoms with Crippen molar-refractivity contribution in [3.05, 3.63) is 64.7 Å². The molecule has 0 heterocycles. The number of benzene rings is 2. The van der Waals surface area contributed by atoms with Crippen LogP contribution in [0.4, 0.5) is 5.69 Å². The van der Waals surface area contributed by atoms with Gasteiger partial charge in [0.2, 0.25) is 0 Å². The molecule has 114 valence electrons. The van der Waals surface area contributed by atoms with E-state index in [0.29, 0.717) is 5.56 Å². The van der Waals surface area contributed by atoms with Crippen LogP contribution >= 0.6 is 0 Å². The number of aromatic carboxylic acids is 1. The van der Waals surface area contributed by atoms with Gasteiger partial charge in [0, 0.05) is 19.3 Å². The summed E-state index contributed by atoms with van der Waals surface area (Å²) in [5, 5.41) is 9.10. The van der Waals surface area contributed by atoms with Gasteiger partial charge in [0.05, 0.1) is 5.56 Å². The molecule has 0 spiro atoms. The molecule has 0 aromatic heterocycles. The van der Waals surface area contributed by atoms with Crippen molar-refractivity contribution in [3.8, 4) is 0 Å². The minimum Gasteiger partial charge on any atom is -0.478 e. The Bertz CT molecular complexity index is 694. The van der Waals surface area contributed by atoms with Crippen LogP contribution in [0.3, 0.4) is 0 Å². The summed E-state index contributed by atoms with van der Waals surface area (Å²) in [6, 6.07) is 13.7. The van der Waals surface area contributed by atoms with E-state index in [9.17, 15) is 4.79 Å². The fourth-order valence-electron chi connectivity index (χ4n) is 3.28. The van der Waals surface area contributed by atoms with Gasteiger partial charge in [-0.1, -0.05) is 24.3 Å². The third-order valence-corrected chi connectivity index (χ3v) is 4.38. The van der Waals surface area contributed by atoms with Gasteiger partial charge >= 0.3 is 5.97 Å². The highest BCUT2D eigenvalue weighted by atomic mass is 16.4. The zero-order valence-corrected chi connectivity index (χ0v) is 12.9. The highest BCUT2D eigenvalue weighted by Gasteiger charge is 2.15. The first-order valence-electron chi connectivity index (χ1n) is 7.79. The first-order chi connectivity index (χ1) is 10.6. The molecule has 1 aliphatic carbocycles. The number of carboxylic acid groups (broad SMARTS) is 1. The summed E-state index contributed by atoms with van der Waals surface area (Å²) in [7, 11) is 2.08. The molecule has 2 aromatic rings. The van der Waals surface area contributed by atoms with Gasteiger partial charge in [0.15, 0.2) is 0 Å². The summed E-state index contributed by atoms with van der Waals surface area (Å²) in [4.78, 5) is 13.3. The Balaban J connectivity index is 1.84. The lowest BCUT2D eigenvalue weighted by Gasteiger charge is -2.26. The minimum absolute atomic E-state index is 0.348. The molecule has 0 unspecified atom stereocenters. The number of carbonyl (C=O) groups is 1. The van der Waals surface area contributed by atoms with Crippen LogP contribution in [0.2, 0.25) is 0 Å². The summed E-state index contributed by atoms with van der Waals surface area (Å²) in [6.07, 6.45) is 4.85. The molecule has 22 heavy (non-hydrogen) atoms. The van der Waals surface area contributed by atoms with E-state index < -0.39 is 5.97 Å². The molecule has 1 N–H and O–H groups in total. The van der Waals surface area contributed by atoms with E-state index in [1.54, 1.807) is 12.1 Å². The van der Waals surface area contributed by atoms with Crippen molar-refractivity contribution < 1.29 is 9.90 Å². The maximum absolute atomic E-state index is 11.1. The molecule has 3 nitrogen and oxygen atoms in total. The first kappa shape index (κ1) is 14.6. The third kappa shape index (κ3) is 2.98. The fourth-order valence-corrected chi connectivity index (χ4v) is 3.28. The van der Waals surface area contributed by atoms with Gasteiger partial charge in [-0.3, -0.25) is 0 Å². The molecule has 0 saturated carbocycles. The molecule has 0 bridgehead atoms. The number of fused-ring (bicyclic) bond motifs is 1. The summed E-state index contributed by atoms with van der Waals surface area (Å²) in [6.45, 7) is 0.720. The average Bonchev–Trinajstić information content (AvgIpc) is 2.54. The van der Waals surface area contributed by atoms with Crippen molar-refractivity contribution in [3.63, 3.8) is 0 Å². The maximum Gasteiger partial charge on any atom is 0.335 e. The van der Waals surface area contributed by atoms with Gasteiger partial charge in [0.25, 0.3) is 0 Å². The largest absolute Gasteiger partial charge is 0.478 e. The topological polar surface area (TPSA) is 40.5 Å². The number of hydrogen-bond acceptors (Lipinski definition) is 2. The molecule has 0 fully saturated rings. The Labute approximate surface area is 131 Å². The molecule has 0 amide bonds. The lowest BCUT2D eigenvalue weighted by atomic mass is 9.90. The molecule has 1 aliphatic rings. The van der Waals surface area contributed by atoms with Crippen LogP contribution in [0.1, 0.15) is 39.9 Å². The number of nitrogens with zero attached hydrogens (tertiary/aromatic N) is 1. The Kier molecular flexibility index (Phi) is 4.14. The number of rotatable bonds is 4. The van der Waals surface area contributed by atoms with E-state index >= 15 is 0 Å². The Morgan fingerprint density at radius 3 is 2.73 bits per heavy atom. The molecule has 0 saturated heterocycles. The van der Waals surface area contributed by atoms with Crippen molar-refractivity contribution in [1.29, 1.82) is 0 Å². The normalized spacial score (nSPS) is 13.5. The lowest BCUT2D eigenvalue weighted by molar-refractivity contribution is 0.0696. The van der Waals surface area contributed by atoms with E-state index in [4.69, 9.17) is 5.11 Å². The third-order valence-electron chi connectivity index (χ3n) is 4.38. The summed E-state index contributed by atoms with van der Waals surface area (Å²) in [5.74, 6) is -0.874. The number of anilines is 1. The zero-order chi connectivity index (χ0) is 15.5. The molecule has 3 rings (SSSR count). The van der Waals surface area contributed by atoms with Crippen molar-refractivity contribution >= 4 is 11.7 Å². The second kappa shape index (κ2) is 6.22. The minimum atomic E-state index is -0.874. The Morgan fingerprint density at radius 2 is 1.91 bits per heavy atom.